The van der Waals surface area contributed by atoms with Gasteiger partial charge in [0.15, 0.2) is 0 Å². The standard InChI is InChI=1S/C12H17Cl3NO4/c13-9-7-10(14)12(11(15)8-9)20-16(1-4-17,2-5-18)3-6-19/h7-8,17-19H,1-6H2/q+1. The first kappa shape index (κ1) is 17.8. The van der Waals surface area contributed by atoms with E-state index in [1.165, 1.54) is 12.1 Å². The minimum Gasteiger partial charge on any atom is -0.390 e. The Labute approximate surface area is 132 Å². The van der Waals surface area contributed by atoms with Crippen LogP contribution < -0.4 is 4.84 Å². The Morgan fingerprint density at radius 2 is 1.25 bits per heavy atom. The number of hydrogen-bond donors (Lipinski definition) is 3. The van der Waals surface area contributed by atoms with E-state index in [1.54, 1.807) is 0 Å². The van der Waals surface area contributed by atoms with Crippen molar-refractivity contribution in [1.82, 2.24) is 0 Å². The van der Waals surface area contributed by atoms with Gasteiger partial charge in [-0.15, -0.1) is 4.65 Å². The molecule has 1 aromatic rings. The minimum atomic E-state index is -0.190. The number of hydrogen-bond acceptors (Lipinski definition) is 4. The van der Waals surface area contributed by atoms with Crippen LogP contribution in [0.15, 0.2) is 12.1 Å². The molecule has 1 rings (SSSR count). The molecule has 0 spiro atoms. The van der Waals surface area contributed by atoms with Crippen LogP contribution in [-0.2, 0) is 0 Å². The molecule has 0 aliphatic carbocycles. The van der Waals surface area contributed by atoms with Crippen LogP contribution in [0.1, 0.15) is 0 Å². The van der Waals surface area contributed by atoms with Gasteiger partial charge in [0, 0.05) is 5.02 Å². The first-order chi connectivity index (χ1) is 9.48. The molecule has 0 aliphatic heterocycles. The predicted octanol–water partition coefficient (Wildman–Crippen LogP) is 1.73. The summed E-state index contributed by atoms with van der Waals surface area (Å²) in [7, 11) is 0. The second-order valence-corrected chi connectivity index (χ2v) is 5.44. The molecule has 0 aliphatic rings. The average molecular weight is 346 g/mol. The van der Waals surface area contributed by atoms with Gasteiger partial charge in [-0.25, -0.2) is 0 Å². The Balaban J connectivity index is 3.11. The Kier molecular flexibility index (Phi) is 7.33. The Bertz CT molecular complexity index is 405. The summed E-state index contributed by atoms with van der Waals surface area (Å²) in [6.45, 7) is -0.00229. The fourth-order valence-corrected chi connectivity index (χ4v) is 2.71. The second-order valence-electron chi connectivity index (χ2n) is 4.19. The molecule has 3 N–H and O–H groups in total. The molecule has 0 amide bonds. The molecule has 0 bridgehead atoms. The molecule has 0 unspecified atom stereocenters. The lowest BCUT2D eigenvalue weighted by atomic mass is 10.3. The van der Waals surface area contributed by atoms with Crippen molar-refractivity contribution in [2.75, 3.05) is 39.5 Å². The minimum absolute atomic E-state index is 0.177. The number of halogens is 3. The van der Waals surface area contributed by atoms with E-state index in [2.05, 4.69) is 0 Å². The van der Waals surface area contributed by atoms with Crippen LogP contribution in [0.25, 0.3) is 0 Å². The summed E-state index contributed by atoms with van der Waals surface area (Å²) < 4.78 is -0.190. The van der Waals surface area contributed by atoms with Crippen molar-refractivity contribution in [2.24, 2.45) is 0 Å². The summed E-state index contributed by atoms with van der Waals surface area (Å²) in [5.41, 5.74) is 0. The van der Waals surface area contributed by atoms with Gasteiger partial charge < -0.3 is 20.2 Å². The fraction of sp³-hybridized carbons (Fsp3) is 0.500. The molecule has 0 radical (unpaired) electrons. The van der Waals surface area contributed by atoms with E-state index >= 15 is 0 Å². The van der Waals surface area contributed by atoms with Gasteiger partial charge in [-0.3, -0.25) is 0 Å². The first-order valence-electron chi connectivity index (χ1n) is 6.01. The third-order valence-corrected chi connectivity index (χ3v) is 3.55. The highest BCUT2D eigenvalue weighted by Crippen LogP contribution is 2.37. The molecule has 0 aromatic heterocycles. The van der Waals surface area contributed by atoms with Crippen molar-refractivity contribution in [3.8, 4) is 5.75 Å². The Morgan fingerprint density at radius 1 is 0.850 bits per heavy atom. The van der Waals surface area contributed by atoms with Gasteiger partial charge in [0.25, 0.3) is 0 Å². The molecule has 5 nitrogen and oxygen atoms in total. The summed E-state index contributed by atoms with van der Waals surface area (Å²) in [5, 5.41) is 28.3. The van der Waals surface area contributed by atoms with Gasteiger partial charge >= 0.3 is 0 Å². The van der Waals surface area contributed by atoms with Gasteiger partial charge in [0.1, 0.15) is 19.6 Å². The molecule has 0 saturated heterocycles. The molecular weight excluding hydrogens is 328 g/mol. The summed E-state index contributed by atoms with van der Waals surface area (Å²) in [5.74, 6) is 0.202. The summed E-state index contributed by atoms with van der Waals surface area (Å²) in [6.07, 6.45) is 0. The zero-order valence-electron chi connectivity index (χ0n) is 10.7. The van der Waals surface area contributed by atoms with Crippen LogP contribution in [0, 0.1) is 0 Å². The van der Waals surface area contributed by atoms with Crippen molar-refractivity contribution in [1.29, 1.82) is 0 Å². The quantitative estimate of drug-likeness (QED) is 0.496. The lowest BCUT2D eigenvalue weighted by Gasteiger charge is -2.34. The molecule has 114 valence electrons. The van der Waals surface area contributed by atoms with Crippen molar-refractivity contribution < 1.29 is 24.8 Å². The van der Waals surface area contributed by atoms with Crippen molar-refractivity contribution >= 4 is 34.8 Å². The van der Waals surface area contributed by atoms with Gasteiger partial charge in [-0.2, -0.15) is 0 Å². The number of rotatable bonds is 8. The largest absolute Gasteiger partial charge is 0.390 e. The van der Waals surface area contributed by atoms with Gasteiger partial charge in [-0.1, -0.05) is 34.8 Å². The van der Waals surface area contributed by atoms with Crippen molar-refractivity contribution in [3.63, 3.8) is 0 Å². The summed E-state index contributed by atoms with van der Waals surface area (Å²) in [4.78, 5) is 5.77. The van der Waals surface area contributed by atoms with Crippen LogP contribution in [0.4, 0.5) is 0 Å². The van der Waals surface area contributed by atoms with Crippen LogP contribution in [0.5, 0.6) is 5.75 Å². The van der Waals surface area contributed by atoms with E-state index in [0.29, 0.717) is 5.02 Å². The Hall–Kier alpha value is -0.270. The molecule has 0 fully saturated rings. The fourth-order valence-electron chi connectivity index (χ4n) is 1.83. The van der Waals surface area contributed by atoms with E-state index in [9.17, 15) is 0 Å². The van der Waals surface area contributed by atoms with Crippen LogP contribution in [-0.4, -0.2) is 59.4 Å². The average Bonchev–Trinajstić information content (AvgIpc) is 2.35. The molecule has 0 heterocycles. The third-order valence-electron chi connectivity index (χ3n) is 2.77. The number of aliphatic hydroxyl groups is 3. The Morgan fingerprint density at radius 3 is 1.60 bits per heavy atom. The van der Waals surface area contributed by atoms with E-state index in [0.717, 1.165) is 0 Å². The number of quaternary nitrogens is 1. The SMILES string of the molecule is OCC[N+](CCO)(CCO)Oc1c(Cl)cc(Cl)cc1Cl. The molecule has 0 saturated carbocycles. The lowest BCUT2D eigenvalue weighted by molar-refractivity contribution is -1.08. The zero-order valence-corrected chi connectivity index (χ0v) is 13.0. The number of hydroxylamine groups is 3. The van der Waals surface area contributed by atoms with Crippen LogP contribution in [0.3, 0.4) is 0 Å². The molecule has 8 heteroatoms. The molecule has 1 aromatic carbocycles. The zero-order chi connectivity index (χ0) is 15.2. The number of aliphatic hydroxyl groups excluding tert-OH is 3. The topological polar surface area (TPSA) is 69.9 Å². The maximum atomic E-state index is 9.17. The van der Waals surface area contributed by atoms with Gasteiger partial charge in [0.2, 0.25) is 5.75 Å². The van der Waals surface area contributed by atoms with Crippen LogP contribution >= 0.6 is 34.8 Å². The summed E-state index contributed by atoms with van der Waals surface area (Å²) in [6, 6.07) is 2.96. The third kappa shape index (κ3) is 4.63. The number of benzene rings is 1. The molecular formula is C12H17Cl3NO4+. The van der Waals surface area contributed by atoms with Gasteiger partial charge in [-0.05, 0) is 12.1 Å². The highest BCUT2D eigenvalue weighted by Gasteiger charge is 2.31. The van der Waals surface area contributed by atoms with E-state index in [4.69, 9.17) is 55.0 Å². The highest BCUT2D eigenvalue weighted by atomic mass is 35.5. The normalized spacial score (nSPS) is 11.7. The molecule has 20 heavy (non-hydrogen) atoms. The maximum Gasteiger partial charge on any atom is 0.227 e. The summed E-state index contributed by atoms with van der Waals surface area (Å²) >= 11 is 17.9. The maximum absolute atomic E-state index is 9.17. The van der Waals surface area contributed by atoms with E-state index in [1.807, 2.05) is 0 Å². The second kappa shape index (κ2) is 8.24. The molecule has 0 atom stereocenters. The predicted molar refractivity (Wildman–Crippen MR) is 78.2 cm³/mol. The van der Waals surface area contributed by atoms with Crippen LogP contribution in [0.2, 0.25) is 15.1 Å². The van der Waals surface area contributed by atoms with E-state index < -0.39 is 0 Å². The first-order valence-corrected chi connectivity index (χ1v) is 7.14. The van der Waals surface area contributed by atoms with E-state index in [-0.39, 0.29) is 59.9 Å². The van der Waals surface area contributed by atoms with Gasteiger partial charge in [0.05, 0.1) is 29.9 Å². The highest BCUT2D eigenvalue weighted by molar-refractivity contribution is 6.40. The van der Waals surface area contributed by atoms with Crippen molar-refractivity contribution in [2.45, 2.75) is 0 Å². The smallest absolute Gasteiger partial charge is 0.227 e. The monoisotopic (exact) mass is 344 g/mol. The number of nitrogens with zero attached hydrogens (tertiary/aromatic N) is 1. The van der Waals surface area contributed by atoms with Crippen molar-refractivity contribution in [3.05, 3.63) is 27.2 Å². The lowest BCUT2D eigenvalue weighted by Crippen LogP contribution is -2.55.